The van der Waals surface area contributed by atoms with Crippen LogP contribution in [0.1, 0.15) is 29.3 Å². The first-order chi connectivity index (χ1) is 12.1. The highest BCUT2D eigenvalue weighted by Gasteiger charge is 2.24. The number of benzene rings is 2. The standard InChI is InChI=1S/C20H23FN2O2/c1-14-10-11-22-12-18(14)23-20(24)17-4-2-3-5-19(17)25-13-15-6-8-16(21)9-7-15/h2-9,14,18,22H,10-13H2,1H3,(H,23,24). The third kappa shape index (κ3) is 4.57. The van der Waals surface area contributed by atoms with Crippen LogP contribution in [0.25, 0.3) is 0 Å². The molecule has 0 spiro atoms. The molecule has 3 rings (SSSR count). The summed E-state index contributed by atoms with van der Waals surface area (Å²) in [6.45, 7) is 4.21. The van der Waals surface area contributed by atoms with E-state index in [1.54, 1.807) is 24.3 Å². The van der Waals surface area contributed by atoms with Crippen LogP contribution in [0.2, 0.25) is 0 Å². The molecule has 1 fully saturated rings. The van der Waals surface area contributed by atoms with Gasteiger partial charge in [0.15, 0.2) is 0 Å². The molecule has 1 aliphatic heterocycles. The van der Waals surface area contributed by atoms with Gasteiger partial charge in [0.05, 0.1) is 5.56 Å². The number of ether oxygens (including phenoxy) is 1. The van der Waals surface area contributed by atoms with E-state index in [4.69, 9.17) is 4.74 Å². The summed E-state index contributed by atoms with van der Waals surface area (Å²) in [6.07, 6.45) is 1.05. The highest BCUT2D eigenvalue weighted by atomic mass is 19.1. The van der Waals surface area contributed by atoms with Gasteiger partial charge in [-0.3, -0.25) is 4.79 Å². The molecule has 1 aliphatic rings. The van der Waals surface area contributed by atoms with E-state index in [2.05, 4.69) is 17.6 Å². The van der Waals surface area contributed by atoms with Crippen molar-refractivity contribution >= 4 is 5.91 Å². The zero-order valence-electron chi connectivity index (χ0n) is 14.3. The fraction of sp³-hybridized carbons (Fsp3) is 0.350. The van der Waals surface area contributed by atoms with Crippen LogP contribution in [-0.4, -0.2) is 25.0 Å². The van der Waals surface area contributed by atoms with Crippen LogP contribution < -0.4 is 15.4 Å². The van der Waals surface area contributed by atoms with E-state index in [0.717, 1.165) is 25.1 Å². The van der Waals surface area contributed by atoms with Crippen molar-refractivity contribution in [3.8, 4) is 5.75 Å². The summed E-state index contributed by atoms with van der Waals surface area (Å²) < 4.78 is 18.8. The topological polar surface area (TPSA) is 50.4 Å². The number of piperidine rings is 1. The highest BCUT2D eigenvalue weighted by molar-refractivity contribution is 5.97. The second kappa shape index (κ2) is 8.12. The number of amides is 1. The first-order valence-corrected chi connectivity index (χ1v) is 8.61. The second-order valence-electron chi connectivity index (χ2n) is 6.46. The molecule has 4 nitrogen and oxygen atoms in total. The van der Waals surface area contributed by atoms with Crippen molar-refractivity contribution in [3.63, 3.8) is 0 Å². The number of carbonyl (C=O) groups excluding carboxylic acids is 1. The molecule has 0 radical (unpaired) electrons. The number of hydrogen-bond acceptors (Lipinski definition) is 3. The molecule has 2 N–H and O–H groups in total. The van der Waals surface area contributed by atoms with Gasteiger partial charge < -0.3 is 15.4 Å². The molecule has 5 heteroatoms. The van der Waals surface area contributed by atoms with Gasteiger partial charge in [-0.2, -0.15) is 0 Å². The van der Waals surface area contributed by atoms with E-state index in [1.165, 1.54) is 12.1 Å². The lowest BCUT2D eigenvalue weighted by molar-refractivity contribution is 0.0910. The average molecular weight is 342 g/mol. The number of hydrogen-bond donors (Lipinski definition) is 2. The molecular formula is C20H23FN2O2. The molecule has 25 heavy (non-hydrogen) atoms. The fourth-order valence-corrected chi connectivity index (χ4v) is 2.95. The van der Waals surface area contributed by atoms with Gasteiger partial charge in [0.2, 0.25) is 0 Å². The number of rotatable bonds is 5. The highest BCUT2D eigenvalue weighted by Crippen LogP contribution is 2.21. The lowest BCUT2D eigenvalue weighted by Crippen LogP contribution is -2.50. The number of halogens is 1. The quantitative estimate of drug-likeness (QED) is 0.878. The Morgan fingerprint density at radius 3 is 2.76 bits per heavy atom. The summed E-state index contributed by atoms with van der Waals surface area (Å²) in [6, 6.07) is 13.5. The van der Waals surface area contributed by atoms with E-state index >= 15 is 0 Å². The van der Waals surface area contributed by atoms with Crippen molar-refractivity contribution in [3.05, 3.63) is 65.5 Å². The van der Waals surface area contributed by atoms with Gasteiger partial charge in [-0.1, -0.05) is 31.2 Å². The molecule has 132 valence electrons. The molecule has 2 aromatic carbocycles. The molecule has 0 aromatic heterocycles. The summed E-state index contributed by atoms with van der Waals surface area (Å²) in [7, 11) is 0. The number of para-hydroxylation sites is 1. The van der Waals surface area contributed by atoms with Crippen molar-refractivity contribution in [2.45, 2.75) is 26.0 Å². The van der Waals surface area contributed by atoms with Crippen molar-refractivity contribution in [1.82, 2.24) is 10.6 Å². The van der Waals surface area contributed by atoms with E-state index in [0.29, 0.717) is 17.2 Å². The van der Waals surface area contributed by atoms with Crippen LogP contribution in [0.4, 0.5) is 4.39 Å². The van der Waals surface area contributed by atoms with E-state index in [-0.39, 0.29) is 24.4 Å². The summed E-state index contributed by atoms with van der Waals surface area (Å²) in [5.41, 5.74) is 1.36. The Morgan fingerprint density at radius 1 is 1.24 bits per heavy atom. The molecule has 1 saturated heterocycles. The SMILES string of the molecule is CC1CCNCC1NC(=O)c1ccccc1OCc1ccc(F)cc1. The van der Waals surface area contributed by atoms with Crippen LogP contribution >= 0.6 is 0 Å². The van der Waals surface area contributed by atoms with Gasteiger partial charge in [0.1, 0.15) is 18.2 Å². The normalized spacial score (nSPS) is 20.1. The minimum atomic E-state index is -0.279. The smallest absolute Gasteiger partial charge is 0.255 e. The van der Waals surface area contributed by atoms with Crippen molar-refractivity contribution in [2.75, 3.05) is 13.1 Å². The maximum absolute atomic E-state index is 13.0. The van der Waals surface area contributed by atoms with Crippen molar-refractivity contribution < 1.29 is 13.9 Å². The first kappa shape index (κ1) is 17.4. The molecule has 1 heterocycles. The Labute approximate surface area is 147 Å². The van der Waals surface area contributed by atoms with E-state index < -0.39 is 0 Å². The molecule has 2 aromatic rings. The van der Waals surface area contributed by atoms with Crippen molar-refractivity contribution in [2.24, 2.45) is 5.92 Å². The van der Waals surface area contributed by atoms with Gasteiger partial charge in [0.25, 0.3) is 5.91 Å². The minimum absolute atomic E-state index is 0.117. The lowest BCUT2D eigenvalue weighted by Gasteiger charge is -2.30. The van der Waals surface area contributed by atoms with Gasteiger partial charge in [-0.05, 0) is 48.7 Å². The summed E-state index contributed by atoms with van der Waals surface area (Å²) in [5, 5.41) is 6.41. The molecule has 2 atom stereocenters. The van der Waals surface area contributed by atoms with E-state index in [1.807, 2.05) is 12.1 Å². The van der Waals surface area contributed by atoms with Crippen LogP contribution in [0.3, 0.4) is 0 Å². The monoisotopic (exact) mass is 342 g/mol. The summed E-state index contributed by atoms with van der Waals surface area (Å²) in [5.74, 6) is 0.562. The number of carbonyl (C=O) groups is 1. The van der Waals surface area contributed by atoms with Gasteiger partial charge >= 0.3 is 0 Å². The van der Waals surface area contributed by atoms with Gasteiger partial charge in [0, 0.05) is 12.6 Å². The maximum Gasteiger partial charge on any atom is 0.255 e. The van der Waals surface area contributed by atoms with Crippen LogP contribution in [0.5, 0.6) is 5.75 Å². The zero-order valence-corrected chi connectivity index (χ0v) is 14.3. The largest absolute Gasteiger partial charge is 0.488 e. The second-order valence-corrected chi connectivity index (χ2v) is 6.46. The zero-order chi connectivity index (χ0) is 17.6. The Morgan fingerprint density at radius 2 is 2.00 bits per heavy atom. The van der Waals surface area contributed by atoms with Crippen LogP contribution in [0, 0.1) is 11.7 Å². The molecule has 0 bridgehead atoms. The van der Waals surface area contributed by atoms with Crippen LogP contribution in [0.15, 0.2) is 48.5 Å². The maximum atomic E-state index is 13.0. The molecule has 0 aliphatic carbocycles. The third-order valence-corrected chi connectivity index (χ3v) is 4.58. The Kier molecular flexibility index (Phi) is 5.66. The molecular weight excluding hydrogens is 319 g/mol. The molecule has 1 amide bonds. The van der Waals surface area contributed by atoms with Crippen molar-refractivity contribution in [1.29, 1.82) is 0 Å². The van der Waals surface area contributed by atoms with E-state index in [9.17, 15) is 9.18 Å². The average Bonchev–Trinajstić information content (AvgIpc) is 2.63. The summed E-state index contributed by atoms with van der Waals surface area (Å²) in [4.78, 5) is 12.7. The third-order valence-electron chi connectivity index (χ3n) is 4.58. The lowest BCUT2D eigenvalue weighted by atomic mass is 9.94. The Hall–Kier alpha value is -2.40. The first-order valence-electron chi connectivity index (χ1n) is 8.61. The minimum Gasteiger partial charge on any atom is -0.488 e. The predicted octanol–water partition coefficient (Wildman–Crippen LogP) is 3.13. The Bertz CT molecular complexity index is 718. The molecule has 2 unspecified atom stereocenters. The van der Waals surface area contributed by atoms with Gasteiger partial charge in [-0.15, -0.1) is 0 Å². The number of nitrogens with one attached hydrogen (secondary N) is 2. The predicted molar refractivity (Wildman–Crippen MR) is 95.1 cm³/mol. The molecule has 0 saturated carbocycles. The summed E-state index contributed by atoms with van der Waals surface area (Å²) >= 11 is 0. The van der Waals surface area contributed by atoms with Gasteiger partial charge in [-0.25, -0.2) is 4.39 Å². The fourth-order valence-electron chi connectivity index (χ4n) is 2.95. The Balaban J connectivity index is 1.67. The van der Waals surface area contributed by atoms with Crippen LogP contribution in [-0.2, 0) is 6.61 Å².